The molecule has 0 radical (unpaired) electrons. The number of carbonyl (C=O) groups is 2. The number of hydrogen-bond donors (Lipinski definition) is 0. The van der Waals surface area contributed by atoms with Gasteiger partial charge in [-0.25, -0.2) is 4.39 Å². The minimum Gasteiger partial charge on any atom is -0.469 e. The number of esters is 1. The normalized spacial score (nSPS) is 14.6. The Hall–Kier alpha value is -3.00. The van der Waals surface area contributed by atoms with Crippen molar-refractivity contribution in [3.05, 3.63) is 54.3 Å². The first-order valence-corrected chi connectivity index (χ1v) is 11.0. The van der Waals surface area contributed by atoms with Gasteiger partial charge >= 0.3 is 5.97 Å². The number of fused-ring (bicyclic) bond motifs is 1. The molecule has 0 aliphatic carbocycles. The summed E-state index contributed by atoms with van der Waals surface area (Å²) in [5.74, 6) is -0.374. The van der Waals surface area contributed by atoms with E-state index in [-0.39, 0.29) is 29.4 Å². The highest BCUT2D eigenvalue weighted by atomic mass is 32.2. The molecule has 1 aromatic heterocycles. The van der Waals surface area contributed by atoms with Crippen molar-refractivity contribution in [1.29, 1.82) is 0 Å². The molecule has 0 bridgehead atoms. The molecule has 1 fully saturated rings. The van der Waals surface area contributed by atoms with E-state index in [2.05, 4.69) is 10.2 Å². The minimum atomic E-state index is -0.303. The van der Waals surface area contributed by atoms with Crippen LogP contribution in [-0.4, -0.2) is 52.9 Å². The van der Waals surface area contributed by atoms with Gasteiger partial charge in [0.05, 0.1) is 18.8 Å². The highest BCUT2D eigenvalue weighted by Gasteiger charge is 2.28. The third-order valence-electron chi connectivity index (χ3n) is 5.49. The number of nitrogens with zero attached hydrogens (tertiary/aromatic N) is 3. The lowest BCUT2D eigenvalue weighted by Gasteiger charge is -2.30. The maximum Gasteiger partial charge on any atom is 0.308 e. The molecular formula is C23H22FN3O3S. The average molecular weight is 440 g/mol. The van der Waals surface area contributed by atoms with Gasteiger partial charge in [0.15, 0.2) is 0 Å². The maximum atomic E-state index is 13.3. The average Bonchev–Trinajstić information content (AvgIpc) is 2.82. The quantitative estimate of drug-likeness (QED) is 0.443. The molecule has 160 valence electrons. The van der Waals surface area contributed by atoms with Gasteiger partial charge in [0, 0.05) is 29.4 Å². The fourth-order valence-corrected chi connectivity index (χ4v) is 4.63. The number of aromatic nitrogens is 2. The monoisotopic (exact) mass is 439 g/mol. The summed E-state index contributed by atoms with van der Waals surface area (Å²) in [5, 5.41) is 11.2. The second-order valence-corrected chi connectivity index (χ2v) is 8.34. The van der Waals surface area contributed by atoms with Crippen molar-refractivity contribution < 1.29 is 18.7 Å². The Morgan fingerprint density at radius 1 is 1.06 bits per heavy atom. The van der Waals surface area contributed by atoms with E-state index in [0.717, 1.165) is 16.3 Å². The zero-order valence-corrected chi connectivity index (χ0v) is 17.9. The van der Waals surface area contributed by atoms with Crippen molar-refractivity contribution >= 4 is 34.4 Å². The minimum absolute atomic E-state index is 0.0156. The van der Waals surface area contributed by atoms with Crippen molar-refractivity contribution in [2.75, 3.05) is 26.0 Å². The molecule has 1 aliphatic heterocycles. The second kappa shape index (κ2) is 9.43. The van der Waals surface area contributed by atoms with Crippen LogP contribution in [0.4, 0.5) is 4.39 Å². The molecule has 6 nitrogen and oxygen atoms in total. The molecule has 0 saturated carbocycles. The van der Waals surface area contributed by atoms with E-state index in [9.17, 15) is 14.0 Å². The molecule has 0 N–H and O–H groups in total. The van der Waals surface area contributed by atoms with Gasteiger partial charge < -0.3 is 9.64 Å². The molecule has 3 aromatic rings. The van der Waals surface area contributed by atoms with Gasteiger partial charge in [-0.15, -0.1) is 10.2 Å². The number of piperidine rings is 1. The smallest absolute Gasteiger partial charge is 0.308 e. The summed E-state index contributed by atoms with van der Waals surface area (Å²) in [7, 11) is 1.39. The van der Waals surface area contributed by atoms with E-state index in [1.807, 2.05) is 24.3 Å². The number of benzene rings is 2. The lowest BCUT2D eigenvalue weighted by molar-refractivity contribution is -0.148. The summed E-state index contributed by atoms with van der Waals surface area (Å²) < 4.78 is 18.1. The molecule has 4 rings (SSSR count). The summed E-state index contributed by atoms with van der Waals surface area (Å²) in [4.78, 5) is 26.1. The Kier molecular flexibility index (Phi) is 6.46. The molecule has 8 heteroatoms. The van der Waals surface area contributed by atoms with Gasteiger partial charge in [-0.2, -0.15) is 0 Å². The molecule has 2 heterocycles. The first kappa shape index (κ1) is 21.2. The Balaban J connectivity index is 1.47. The van der Waals surface area contributed by atoms with E-state index >= 15 is 0 Å². The molecule has 1 saturated heterocycles. The van der Waals surface area contributed by atoms with Crippen LogP contribution < -0.4 is 0 Å². The van der Waals surface area contributed by atoms with Crippen LogP contribution in [0.15, 0.2) is 53.6 Å². The van der Waals surface area contributed by atoms with E-state index < -0.39 is 0 Å². The van der Waals surface area contributed by atoms with E-state index in [0.29, 0.717) is 36.7 Å². The molecule has 1 amide bonds. The number of likely N-dealkylation sites (tertiary alicyclic amines) is 1. The number of halogens is 1. The third-order valence-corrected chi connectivity index (χ3v) is 6.45. The number of carbonyl (C=O) groups excluding carboxylic acids is 2. The van der Waals surface area contributed by atoms with Crippen LogP contribution in [0.25, 0.3) is 22.0 Å². The molecule has 31 heavy (non-hydrogen) atoms. The standard InChI is InChI=1S/C23H22FN3O3S/c1-30-23(29)16-10-12-27(13-11-16)20(28)14-31-22-19-5-3-2-4-18(19)21(25-26-22)15-6-8-17(24)9-7-15/h2-9,16H,10-14H2,1H3. The third kappa shape index (κ3) is 4.69. The van der Waals surface area contributed by atoms with Crippen LogP contribution >= 0.6 is 11.8 Å². The lowest BCUT2D eigenvalue weighted by atomic mass is 9.97. The molecule has 2 aromatic carbocycles. The summed E-state index contributed by atoms with van der Waals surface area (Å²) in [6.07, 6.45) is 1.25. The molecule has 0 atom stereocenters. The highest BCUT2D eigenvalue weighted by molar-refractivity contribution is 8.00. The topological polar surface area (TPSA) is 72.4 Å². The predicted octanol–water partition coefficient (Wildman–Crippen LogP) is 3.94. The van der Waals surface area contributed by atoms with Crippen molar-refractivity contribution in [1.82, 2.24) is 15.1 Å². The lowest BCUT2D eigenvalue weighted by Crippen LogP contribution is -2.41. The predicted molar refractivity (Wildman–Crippen MR) is 117 cm³/mol. The Morgan fingerprint density at radius 3 is 2.42 bits per heavy atom. The van der Waals surface area contributed by atoms with Crippen molar-refractivity contribution in [2.45, 2.75) is 17.9 Å². The van der Waals surface area contributed by atoms with E-state index in [1.54, 1.807) is 17.0 Å². The van der Waals surface area contributed by atoms with Gasteiger partial charge in [0.2, 0.25) is 5.91 Å². The van der Waals surface area contributed by atoms with Crippen molar-refractivity contribution in [2.24, 2.45) is 5.92 Å². The fraction of sp³-hybridized carbons (Fsp3) is 0.304. The number of rotatable bonds is 5. The van der Waals surface area contributed by atoms with Gasteiger partial charge in [0.1, 0.15) is 16.5 Å². The number of hydrogen-bond acceptors (Lipinski definition) is 6. The summed E-state index contributed by atoms with van der Waals surface area (Å²) in [5.41, 5.74) is 1.46. The van der Waals surface area contributed by atoms with Crippen LogP contribution in [0, 0.1) is 11.7 Å². The fourth-order valence-electron chi connectivity index (χ4n) is 3.76. The zero-order chi connectivity index (χ0) is 21.8. The first-order valence-electron chi connectivity index (χ1n) is 10.1. The summed E-state index contributed by atoms with van der Waals surface area (Å²) in [6, 6.07) is 13.9. The SMILES string of the molecule is COC(=O)C1CCN(C(=O)CSc2nnc(-c3ccc(F)cc3)c3ccccc23)CC1. The van der Waals surface area contributed by atoms with E-state index in [1.165, 1.54) is 31.0 Å². The summed E-state index contributed by atoms with van der Waals surface area (Å²) in [6.45, 7) is 1.10. The maximum absolute atomic E-state index is 13.3. The number of thioether (sulfide) groups is 1. The summed E-state index contributed by atoms with van der Waals surface area (Å²) >= 11 is 1.35. The number of methoxy groups -OCH3 is 1. The van der Waals surface area contributed by atoms with Gasteiger partial charge in [-0.1, -0.05) is 36.0 Å². The first-order chi connectivity index (χ1) is 15.1. The largest absolute Gasteiger partial charge is 0.469 e. The second-order valence-electron chi connectivity index (χ2n) is 7.37. The van der Waals surface area contributed by atoms with Gasteiger partial charge in [-0.3, -0.25) is 9.59 Å². The van der Waals surface area contributed by atoms with E-state index in [4.69, 9.17) is 4.74 Å². The molecular weight excluding hydrogens is 417 g/mol. The molecule has 0 unspecified atom stereocenters. The van der Waals surface area contributed by atoms with Gasteiger partial charge in [-0.05, 0) is 37.1 Å². The van der Waals surface area contributed by atoms with Crippen LogP contribution in [0.2, 0.25) is 0 Å². The molecule has 0 spiro atoms. The number of ether oxygens (including phenoxy) is 1. The van der Waals surface area contributed by atoms with Crippen LogP contribution in [-0.2, 0) is 14.3 Å². The van der Waals surface area contributed by atoms with Gasteiger partial charge in [0.25, 0.3) is 0 Å². The van der Waals surface area contributed by atoms with Crippen molar-refractivity contribution in [3.8, 4) is 11.3 Å². The Bertz CT molecular complexity index is 1100. The highest BCUT2D eigenvalue weighted by Crippen LogP contribution is 2.32. The van der Waals surface area contributed by atoms with Crippen LogP contribution in [0.5, 0.6) is 0 Å². The Morgan fingerprint density at radius 2 is 1.74 bits per heavy atom. The zero-order valence-electron chi connectivity index (χ0n) is 17.1. The van der Waals surface area contributed by atoms with Crippen LogP contribution in [0.1, 0.15) is 12.8 Å². The van der Waals surface area contributed by atoms with Crippen LogP contribution in [0.3, 0.4) is 0 Å². The number of amides is 1. The van der Waals surface area contributed by atoms with Crippen molar-refractivity contribution in [3.63, 3.8) is 0 Å². The molecule has 1 aliphatic rings. The Labute approximate surface area is 183 Å².